The topological polar surface area (TPSA) is 87.7 Å². The van der Waals surface area contributed by atoms with Gasteiger partial charge >= 0.3 is 6.09 Å². The van der Waals surface area contributed by atoms with E-state index in [4.69, 9.17) is 4.74 Å². The molecule has 1 aliphatic heterocycles. The number of carbonyl (C=O) groups excluding carboxylic acids is 3. The molecule has 0 saturated carbocycles. The predicted octanol–water partition coefficient (Wildman–Crippen LogP) is 2.26. The Morgan fingerprint density at radius 1 is 1.03 bits per heavy atom. The van der Waals surface area contributed by atoms with E-state index in [1.54, 1.807) is 6.92 Å². The van der Waals surface area contributed by atoms with Gasteiger partial charge in [0.15, 0.2) is 0 Å². The highest BCUT2D eigenvalue weighted by Crippen LogP contribution is 2.35. The van der Waals surface area contributed by atoms with Crippen LogP contribution in [0.25, 0.3) is 0 Å². The zero-order chi connectivity index (χ0) is 21.6. The average Bonchev–Trinajstić information content (AvgIpc) is 2.75. The van der Waals surface area contributed by atoms with Gasteiger partial charge in [-0.25, -0.2) is 4.79 Å². The summed E-state index contributed by atoms with van der Waals surface area (Å²) in [5, 5.41) is 5.27. The Kier molecular flexibility index (Phi) is 6.72. The normalized spacial score (nSPS) is 18.7. The van der Waals surface area contributed by atoms with Gasteiger partial charge in [0.1, 0.15) is 18.2 Å². The molecule has 158 valence electrons. The summed E-state index contributed by atoms with van der Waals surface area (Å²) in [6, 6.07) is 18.2. The van der Waals surface area contributed by atoms with E-state index in [0.717, 1.165) is 11.1 Å². The van der Waals surface area contributed by atoms with Crippen molar-refractivity contribution >= 4 is 17.9 Å². The van der Waals surface area contributed by atoms with Crippen molar-refractivity contribution in [2.75, 3.05) is 13.6 Å². The molecule has 0 spiro atoms. The fraction of sp³-hybridized carbons (Fsp3) is 0.348. The number of carbonyl (C=O) groups is 3. The Hall–Kier alpha value is -3.35. The largest absolute Gasteiger partial charge is 0.445 e. The van der Waals surface area contributed by atoms with Crippen molar-refractivity contribution in [1.29, 1.82) is 0 Å². The first-order valence-electron chi connectivity index (χ1n) is 10.0. The number of nitrogens with zero attached hydrogens (tertiary/aromatic N) is 1. The second-order valence-electron chi connectivity index (χ2n) is 7.45. The van der Waals surface area contributed by atoms with Crippen LogP contribution in [0.15, 0.2) is 60.7 Å². The van der Waals surface area contributed by atoms with Crippen LogP contribution in [0.1, 0.15) is 24.5 Å². The molecule has 0 unspecified atom stereocenters. The molecule has 2 aromatic rings. The van der Waals surface area contributed by atoms with E-state index in [1.807, 2.05) is 60.7 Å². The van der Waals surface area contributed by atoms with Crippen molar-refractivity contribution in [3.63, 3.8) is 0 Å². The third-order valence-corrected chi connectivity index (χ3v) is 5.44. The lowest BCUT2D eigenvalue weighted by Crippen LogP contribution is -2.71. The van der Waals surface area contributed by atoms with Crippen LogP contribution in [0.2, 0.25) is 0 Å². The van der Waals surface area contributed by atoms with Crippen LogP contribution < -0.4 is 10.6 Å². The molecule has 0 radical (unpaired) electrons. The minimum atomic E-state index is -1.09. The molecule has 2 atom stereocenters. The first-order chi connectivity index (χ1) is 14.5. The number of benzene rings is 2. The van der Waals surface area contributed by atoms with Crippen molar-refractivity contribution < 1.29 is 19.1 Å². The minimum Gasteiger partial charge on any atom is -0.445 e. The molecular formula is C23H27N3O4. The van der Waals surface area contributed by atoms with Gasteiger partial charge in [-0.2, -0.15) is 0 Å². The van der Waals surface area contributed by atoms with Crippen LogP contribution in [0.5, 0.6) is 0 Å². The van der Waals surface area contributed by atoms with Crippen molar-refractivity contribution in [3.05, 3.63) is 71.8 Å². The molecule has 2 N–H and O–H groups in total. The van der Waals surface area contributed by atoms with Gasteiger partial charge < -0.3 is 15.4 Å². The Labute approximate surface area is 176 Å². The van der Waals surface area contributed by atoms with Gasteiger partial charge in [0.2, 0.25) is 11.8 Å². The van der Waals surface area contributed by atoms with Gasteiger partial charge in [0, 0.05) is 20.0 Å². The van der Waals surface area contributed by atoms with E-state index in [9.17, 15) is 14.4 Å². The molecule has 1 fully saturated rings. The second kappa shape index (κ2) is 9.43. The Morgan fingerprint density at radius 2 is 1.63 bits per heavy atom. The lowest BCUT2D eigenvalue weighted by molar-refractivity contribution is -0.143. The van der Waals surface area contributed by atoms with E-state index in [-0.39, 0.29) is 18.4 Å². The average molecular weight is 409 g/mol. The van der Waals surface area contributed by atoms with Crippen molar-refractivity contribution in [1.82, 2.24) is 15.5 Å². The zero-order valence-electron chi connectivity index (χ0n) is 17.3. The highest BCUT2D eigenvalue weighted by Gasteiger charge is 2.54. The SMILES string of the molecule is CNC(=O)[C@H](C)NC(=O)[C@]1(Cc2ccccc2)CCN1C(=O)OCc1ccccc1. The van der Waals surface area contributed by atoms with Crippen LogP contribution in [0.3, 0.4) is 0 Å². The summed E-state index contributed by atoms with van der Waals surface area (Å²) in [6.07, 6.45) is 0.304. The van der Waals surface area contributed by atoms with Crippen LogP contribution in [-0.4, -0.2) is 48.0 Å². The molecular weight excluding hydrogens is 382 g/mol. The number of nitrogens with one attached hydrogen (secondary N) is 2. The highest BCUT2D eigenvalue weighted by atomic mass is 16.6. The fourth-order valence-corrected chi connectivity index (χ4v) is 3.60. The summed E-state index contributed by atoms with van der Waals surface area (Å²) in [5.41, 5.74) is 0.718. The van der Waals surface area contributed by atoms with Gasteiger partial charge in [0.05, 0.1) is 0 Å². The molecule has 3 amide bonds. The van der Waals surface area contributed by atoms with Gasteiger partial charge in [0.25, 0.3) is 0 Å². The van der Waals surface area contributed by atoms with E-state index >= 15 is 0 Å². The molecule has 0 aliphatic carbocycles. The van der Waals surface area contributed by atoms with Crippen LogP contribution in [-0.2, 0) is 27.4 Å². The number of rotatable bonds is 7. The van der Waals surface area contributed by atoms with Crippen molar-refractivity contribution in [3.8, 4) is 0 Å². The lowest BCUT2D eigenvalue weighted by atomic mass is 9.78. The lowest BCUT2D eigenvalue weighted by Gasteiger charge is -2.50. The van der Waals surface area contributed by atoms with Crippen LogP contribution in [0, 0.1) is 0 Å². The van der Waals surface area contributed by atoms with Crippen LogP contribution in [0.4, 0.5) is 4.79 Å². The monoisotopic (exact) mass is 409 g/mol. The van der Waals surface area contributed by atoms with E-state index in [2.05, 4.69) is 10.6 Å². The maximum absolute atomic E-state index is 13.2. The maximum Gasteiger partial charge on any atom is 0.411 e. The summed E-state index contributed by atoms with van der Waals surface area (Å²) >= 11 is 0. The van der Waals surface area contributed by atoms with Gasteiger partial charge in [-0.3, -0.25) is 14.5 Å². The first-order valence-corrected chi connectivity index (χ1v) is 10.0. The molecule has 1 aliphatic rings. The van der Waals surface area contributed by atoms with E-state index in [1.165, 1.54) is 11.9 Å². The third-order valence-electron chi connectivity index (χ3n) is 5.44. The molecule has 1 saturated heterocycles. The first kappa shape index (κ1) is 21.4. The van der Waals surface area contributed by atoms with Gasteiger partial charge in [-0.15, -0.1) is 0 Å². The van der Waals surface area contributed by atoms with Crippen molar-refractivity contribution in [2.45, 2.75) is 38.0 Å². The van der Waals surface area contributed by atoms with Crippen molar-refractivity contribution in [2.24, 2.45) is 0 Å². The van der Waals surface area contributed by atoms with Gasteiger partial charge in [-0.05, 0) is 24.5 Å². The Bertz CT molecular complexity index is 888. The second-order valence-corrected chi connectivity index (χ2v) is 7.45. The van der Waals surface area contributed by atoms with E-state index in [0.29, 0.717) is 19.4 Å². The standard InChI is InChI=1S/C23H27N3O4/c1-17(20(27)24-2)25-21(28)23(15-18-9-5-3-6-10-18)13-14-26(23)22(29)30-16-19-11-7-4-8-12-19/h3-12,17H,13-16H2,1-2H3,(H,24,27)(H,25,28)/t17-,23+/m0/s1. The fourth-order valence-electron chi connectivity index (χ4n) is 3.60. The number of ether oxygens (including phenoxy) is 1. The number of hydrogen-bond acceptors (Lipinski definition) is 4. The molecule has 7 nitrogen and oxygen atoms in total. The molecule has 1 heterocycles. The number of hydrogen-bond donors (Lipinski definition) is 2. The number of amides is 3. The predicted molar refractivity (Wildman–Crippen MR) is 112 cm³/mol. The molecule has 2 aromatic carbocycles. The van der Waals surface area contributed by atoms with Gasteiger partial charge in [-0.1, -0.05) is 60.7 Å². The number of likely N-dealkylation sites (tertiary alicyclic amines) is 1. The summed E-state index contributed by atoms with van der Waals surface area (Å²) in [6.45, 7) is 2.17. The summed E-state index contributed by atoms with van der Waals surface area (Å²) in [4.78, 5) is 39.4. The smallest absolute Gasteiger partial charge is 0.411 e. The Morgan fingerprint density at radius 3 is 2.17 bits per heavy atom. The maximum atomic E-state index is 13.2. The summed E-state index contributed by atoms with van der Waals surface area (Å²) < 4.78 is 5.48. The number of likely N-dealkylation sites (N-methyl/N-ethyl adjacent to an activating group) is 1. The van der Waals surface area contributed by atoms with E-state index < -0.39 is 17.7 Å². The summed E-state index contributed by atoms with van der Waals surface area (Å²) in [5.74, 6) is -0.652. The molecule has 30 heavy (non-hydrogen) atoms. The summed E-state index contributed by atoms with van der Waals surface area (Å²) in [7, 11) is 1.52. The minimum absolute atomic E-state index is 0.133. The quantitative estimate of drug-likeness (QED) is 0.734. The Balaban J connectivity index is 1.77. The highest BCUT2D eigenvalue weighted by molar-refractivity contribution is 5.95. The van der Waals surface area contributed by atoms with Crippen LogP contribution >= 0.6 is 0 Å². The molecule has 7 heteroatoms. The molecule has 0 bridgehead atoms. The molecule has 0 aromatic heterocycles. The molecule has 3 rings (SSSR count). The zero-order valence-corrected chi connectivity index (χ0v) is 17.3. The third kappa shape index (κ3) is 4.62.